The van der Waals surface area contributed by atoms with Crippen LogP contribution in [0, 0.1) is 0 Å². The lowest BCUT2D eigenvalue weighted by molar-refractivity contribution is 0.661. The summed E-state index contributed by atoms with van der Waals surface area (Å²) in [5.41, 5.74) is 17.5. The Morgan fingerprint density at radius 3 is 1.64 bits per heavy atom. The Labute approximate surface area is 308 Å². The zero-order valence-electron chi connectivity index (χ0n) is 29.7. The summed E-state index contributed by atoms with van der Waals surface area (Å²) < 4.78 is 4.87. The van der Waals surface area contributed by atoms with Crippen LogP contribution in [-0.2, 0) is 5.41 Å². The van der Waals surface area contributed by atoms with Crippen molar-refractivity contribution in [2.45, 2.75) is 19.3 Å². The van der Waals surface area contributed by atoms with Crippen LogP contribution < -0.4 is 0 Å². The fourth-order valence-corrected chi connectivity index (χ4v) is 9.13. The average molecular weight is 677 g/mol. The minimum Gasteiger partial charge on any atom is -0.309 e. The van der Waals surface area contributed by atoms with Crippen LogP contribution in [0.15, 0.2) is 182 Å². The van der Waals surface area contributed by atoms with E-state index in [4.69, 9.17) is 0 Å². The van der Waals surface area contributed by atoms with Crippen molar-refractivity contribution in [3.8, 4) is 44.8 Å². The Morgan fingerprint density at radius 2 is 0.868 bits per heavy atom. The Balaban J connectivity index is 1.12. The largest absolute Gasteiger partial charge is 0.309 e. The molecule has 1 aliphatic carbocycles. The highest BCUT2D eigenvalue weighted by atomic mass is 15.0. The Bertz CT molecular complexity index is 3070. The van der Waals surface area contributed by atoms with E-state index >= 15 is 0 Å². The molecule has 11 rings (SSSR count). The predicted octanol–water partition coefficient (Wildman–Crippen LogP) is 13.5. The fraction of sp³-hybridized carbons (Fsp3) is 0.0588. The molecule has 1 aliphatic rings. The zero-order valence-corrected chi connectivity index (χ0v) is 29.7. The van der Waals surface area contributed by atoms with Crippen LogP contribution >= 0.6 is 0 Å². The Hall–Kier alpha value is -6.64. The first-order valence-corrected chi connectivity index (χ1v) is 18.5. The number of hydrogen-bond acceptors (Lipinski definition) is 0. The maximum Gasteiger partial charge on any atom is 0.0544 e. The molecule has 8 aromatic carbocycles. The van der Waals surface area contributed by atoms with Gasteiger partial charge in [-0.25, -0.2) is 0 Å². The van der Waals surface area contributed by atoms with E-state index in [2.05, 4.69) is 205 Å². The van der Waals surface area contributed by atoms with Crippen LogP contribution in [0.4, 0.5) is 0 Å². The van der Waals surface area contributed by atoms with Crippen LogP contribution in [0.5, 0.6) is 0 Å². The summed E-state index contributed by atoms with van der Waals surface area (Å²) in [5.74, 6) is 0. The molecular weight excluding hydrogens is 641 g/mol. The van der Waals surface area contributed by atoms with Crippen LogP contribution in [0.1, 0.15) is 25.0 Å². The van der Waals surface area contributed by atoms with Gasteiger partial charge in [-0.3, -0.25) is 0 Å². The molecule has 53 heavy (non-hydrogen) atoms. The van der Waals surface area contributed by atoms with E-state index in [9.17, 15) is 0 Å². The number of nitrogens with zero attached hydrogens (tertiary/aromatic N) is 2. The molecule has 0 fully saturated rings. The van der Waals surface area contributed by atoms with Gasteiger partial charge in [-0.1, -0.05) is 129 Å². The van der Waals surface area contributed by atoms with Crippen LogP contribution in [0.25, 0.3) is 88.4 Å². The molecule has 0 atom stereocenters. The summed E-state index contributed by atoms with van der Waals surface area (Å²) in [6, 6.07) is 67.1. The molecule has 0 bridgehead atoms. The van der Waals surface area contributed by atoms with Crippen LogP contribution in [0.2, 0.25) is 0 Å². The highest BCUT2D eigenvalue weighted by Gasteiger charge is 2.36. The van der Waals surface area contributed by atoms with E-state index in [1.54, 1.807) is 0 Å². The fourth-order valence-electron chi connectivity index (χ4n) is 9.13. The van der Waals surface area contributed by atoms with Crippen molar-refractivity contribution < 1.29 is 0 Å². The molecule has 0 aliphatic heterocycles. The summed E-state index contributed by atoms with van der Waals surface area (Å²) in [7, 11) is 0. The van der Waals surface area contributed by atoms with Gasteiger partial charge < -0.3 is 9.13 Å². The van der Waals surface area contributed by atoms with E-state index < -0.39 is 0 Å². The molecule has 2 nitrogen and oxygen atoms in total. The monoisotopic (exact) mass is 676 g/mol. The van der Waals surface area contributed by atoms with Gasteiger partial charge >= 0.3 is 0 Å². The summed E-state index contributed by atoms with van der Waals surface area (Å²) in [6.45, 7) is 4.73. The molecular formula is C51H36N2. The highest BCUT2D eigenvalue weighted by Crippen LogP contribution is 2.51. The lowest BCUT2D eigenvalue weighted by Crippen LogP contribution is -2.14. The SMILES string of the molecule is CC1(C)c2ccccc2-c2cc3c4cc(-c5ccc6c(c5)c5ccccc5n6-c5cccc(-c6ccccc6)c5)ccc4n(-c4ccccc4)c3cc21. The third-order valence-corrected chi connectivity index (χ3v) is 11.7. The number of benzene rings is 8. The molecule has 0 saturated heterocycles. The lowest BCUT2D eigenvalue weighted by atomic mass is 9.82. The first-order valence-electron chi connectivity index (χ1n) is 18.5. The van der Waals surface area contributed by atoms with Gasteiger partial charge in [0.1, 0.15) is 0 Å². The average Bonchev–Trinajstić information content (AvgIpc) is 3.80. The second-order valence-corrected chi connectivity index (χ2v) is 15.0. The normalized spacial score (nSPS) is 13.2. The summed E-state index contributed by atoms with van der Waals surface area (Å²) in [5, 5.41) is 5.07. The van der Waals surface area contributed by atoms with E-state index in [0.717, 1.165) is 5.69 Å². The zero-order chi connectivity index (χ0) is 35.3. The van der Waals surface area contributed by atoms with Gasteiger partial charge in [0.15, 0.2) is 0 Å². The van der Waals surface area contributed by atoms with Gasteiger partial charge in [0.25, 0.3) is 0 Å². The van der Waals surface area contributed by atoms with Gasteiger partial charge in [0.05, 0.1) is 22.1 Å². The number of fused-ring (bicyclic) bond motifs is 9. The molecule has 2 heterocycles. The van der Waals surface area contributed by atoms with Crippen molar-refractivity contribution in [3.05, 3.63) is 193 Å². The van der Waals surface area contributed by atoms with Gasteiger partial charge in [-0.15, -0.1) is 0 Å². The minimum atomic E-state index is -0.0687. The Kier molecular flexibility index (Phi) is 6.33. The molecule has 0 spiro atoms. The summed E-state index contributed by atoms with van der Waals surface area (Å²) in [6.07, 6.45) is 0. The molecule has 0 amide bonds. The topological polar surface area (TPSA) is 9.86 Å². The third kappa shape index (κ3) is 4.39. The van der Waals surface area contributed by atoms with Gasteiger partial charge in [-0.05, 0) is 111 Å². The molecule has 2 heteroatoms. The molecule has 0 N–H and O–H groups in total. The van der Waals surface area contributed by atoms with E-state index in [1.807, 2.05) is 0 Å². The highest BCUT2D eigenvalue weighted by molar-refractivity contribution is 6.14. The second kappa shape index (κ2) is 11.2. The minimum absolute atomic E-state index is 0.0687. The molecule has 0 unspecified atom stereocenters. The van der Waals surface area contributed by atoms with Crippen molar-refractivity contribution in [2.24, 2.45) is 0 Å². The summed E-state index contributed by atoms with van der Waals surface area (Å²) >= 11 is 0. The van der Waals surface area contributed by atoms with Gasteiger partial charge in [0.2, 0.25) is 0 Å². The number of aromatic nitrogens is 2. The van der Waals surface area contributed by atoms with Gasteiger partial charge in [-0.2, -0.15) is 0 Å². The predicted molar refractivity (Wildman–Crippen MR) is 224 cm³/mol. The first kappa shape index (κ1) is 30.0. The van der Waals surface area contributed by atoms with E-state index in [0.29, 0.717) is 0 Å². The van der Waals surface area contributed by atoms with Crippen molar-refractivity contribution in [1.82, 2.24) is 9.13 Å². The van der Waals surface area contributed by atoms with Crippen molar-refractivity contribution in [1.29, 1.82) is 0 Å². The van der Waals surface area contributed by atoms with Crippen molar-refractivity contribution in [3.63, 3.8) is 0 Å². The van der Waals surface area contributed by atoms with Crippen LogP contribution in [-0.4, -0.2) is 9.13 Å². The second-order valence-electron chi connectivity index (χ2n) is 15.0. The standard InChI is InChI=1S/C51H36N2/c1-51(2)45-22-11-9-20-39(45)41-31-44-43-30-36(25-27-49(43)52(50(44)32-46(41)51)37-17-7-4-8-18-37)35-24-26-48-42(29-35)40-21-10-12-23-47(40)53(48)38-19-13-16-34(28-38)33-14-5-3-6-15-33/h3-32H,1-2H3. The molecule has 0 saturated carbocycles. The van der Waals surface area contributed by atoms with Gasteiger partial charge in [0, 0.05) is 38.3 Å². The number of hydrogen-bond donors (Lipinski definition) is 0. The maximum absolute atomic E-state index is 2.46. The number of rotatable bonds is 4. The third-order valence-electron chi connectivity index (χ3n) is 11.7. The first-order chi connectivity index (χ1) is 26.0. The molecule has 250 valence electrons. The van der Waals surface area contributed by atoms with Crippen molar-refractivity contribution in [2.75, 3.05) is 0 Å². The van der Waals surface area contributed by atoms with E-state index in [1.165, 1.54) is 93.8 Å². The lowest BCUT2D eigenvalue weighted by Gasteiger charge is -2.21. The molecule has 0 radical (unpaired) electrons. The molecule has 2 aromatic heterocycles. The van der Waals surface area contributed by atoms with Crippen LogP contribution in [0.3, 0.4) is 0 Å². The quantitative estimate of drug-likeness (QED) is 0.176. The summed E-state index contributed by atoms with van der Waals surface area (Å²) in [4.78, 5) is 0. The number of para-hydroxylation sites is 2. The molecule has 10 aromatic rings. The maximum atomic E-state index is 2.46. The van der Waals surface area contributed by atoms with E-state index in [-0.39, 0.29) is 5.41 Å². The Morgan fingerprint density at radius 1 is 0.321 bits per heavy atom. The smallest absolute Gasteiger partial charge is 0.0544 e. The van der Waals surface area contributed by atoms with Crippen molar-refractivity contribution >= 4 is 43.6 Å².